The van der Waals surface area contributed by atoms with E-state index in [4.69, 9.17) is 34.8 Å². The summed E-state index contributed by atoms with van der Waals surface area (Å²) in [6.07, 6.45) is 1.19. The molecule has 0 bridgehead atoms. The standard InChI is InChI=1S/C29H32Cl3N3O4S/c1-19(2)33-29(37)27(14-21-8-6-5-7-9-21)34(17-22-12-10-20(3)11-13-22)28(36)18-35(40(4,38)39)26-16-24(31)23(30)15-25(26)32/h5-13,15-16,19,27H,14,17-18H2,1-4H3,(H,33,37)/t27-/m1/s1. The smallest absolute Gasteiger partial charge is 0.244 e. The largest absolute Gasteiger partial charge is 0.352 e. The van der Waals surface area contributed by atoms with Gasteiger partial charge in [0.25, 0.3) is 0 Å². The molecule has 0 unspecified atom stereocenters. The molecule has 0 aliphatic rings. The Morgan fingerprint density at radius 1 is 0.875 bits per heavy atom. The van der Waals surface area contributed by atoms with Crippen LogP contribution in [0.4, 0.5) is 5.69 Å². The van der Waals surface area contributed by atoms with Crippen LogP contribution in [-0.4, -0.2) is 50.0 Å². The van der Waals surface area contributed by atoms with Gasteiger partial charge in [-0.1, -0.05) is 95.0 Å². The van der Waals surface area contributed by atoms with Gasteiger partial charge in [-0.05, 0) is 44.0 Å². The summed E-state index contributed by atoms with van der Waals surface area (Å²) in [4.78, 5) is 29.0. The highest BCUT2D eigenvalue weighted by molar-refractivity contribution is 7.92. The summed E-state index contributed by atoms with van der Waals surface area (Å²) in [6.45, 7) is 5.09. The van der Waals surface area contributed by atoms with Crippen LogP contribution < -0.4 is 9.62 Å². The van der Waals surface area contributed by atoms with E-state index in [-0.39, 0.29) is 45.7 Å². The van der Waals surface area contributed by atoms with E-state index >= 15 is 0 Å². The maximum absolute atomic E-state index is 14.1. The lowest BCUT2D eigenvalue weighted by molar-refractivity contribution is -0.140. The van der Waals surface area contributed by atoms with Gasteiger partial charge in [-0.15, -0.1) is 0 Å². The quantitative estimate of drug-likeness (QED) is 0.270. The Morgan fingerprint density at radius 3 is 2.05 bits per heavy atom. The zero-order valence-electron chi connectivity index (χ0n) is 22.7. The van der Waals surface area contributed by atoms with E-state index < -0.39 is 28.5 Å². The molecule has 0 spiro atoms. The molecule has 0 aliphatic carbocycles. The van der Waals surface area contributed by atoms with Gasteiger partial charge in [0, 0.05) is 19.0 Å². The number of anilines is 1. The number of hydrogen-bond acceptors (Lipinski definition) is 4. The molecule has 0 aliphatic heterocycles. The van der Waals surface area contributed by atoms with Gasteiger partial charge in [0.2, 0.25) is 21.8 Å². The van der Waals surface area contributed by atoms with Crippen LogP contribution in [0.2, 0.25) is 15.1 Å². The van der Waals surface area contributed by atoms with Crippen molar-refractivity contribution in [2.24, 2.45) is 0 Å². The average Bonchev–Trinajstić information content (AvgIpc) is 2.87. The van der Waals surface area contributed by atoms with Gasteiger partial charge in [0.05, 0.1) is 27.0 Å². The number of hydrogen-bond donors (Lipinski definition) is 1. The van der Waals surface area contributed by atoms with Gasteiger partial charge in [-0.25, -0.2) is 8.42 Å². The van der Waals surface area contributed by atoms with Crippen LogP contribution in [0.5, 0.6) is 0 Å². The summed E-state index contributed by atoms with van der Waals surface area (Å²) in [5.41, 5.74) is 2.68. The minimum absolute atomic E-state index is 0.00782. The minimum atomic E-state index is -4.00. The summed E-state index contributed by atoms with van der Waals surface area (Å²) >= 11 is 18.6. The van der Waals surface area contributed by atoms with Crippen molar-refractivity contribution in [2.75, 3.05) is 17.1 Å². The lowest BCUT2D eigenvalue weighted by Crippen LogP contribution is -2.54. The number of benzene rings is 3. The van der Waals surface area contributed by atoms with Crippen molar-refractivity contribution in [3.05, 3.63) is 98.5 Å². The van der Waals surface area contributed by atoms with Crippen LogP contribution in [0.3, 0.4) is 0 Å². The molecule has 40 heavy (non-hydrogen) atoms. The topological polar surface area (TPSA) is 86.8 Å². The predicted molar refractivity (Wildman–Crippen MR) is 163 cm³/mol. The van der Waals surface area contributed by atoms with Crippen molar-refractivity contribution < 1.29 is 18.0 Å². The van der Waals surface area contributed by atoms with Gasteiger partial charge in [0.15, 0.2) is 0 Å². The molecule has 2 amide bonds. The van der Waals surface area contributed by atoms with E-state index in [1.807, 2.05) is 75.4 Å². The fraction of sp³-hybridized carbons (Fsp3) is 0.310. The monoisotopic (exact) mass is 623 g/mol. The maximum Gasteiger partial charge on any atom is 0.244 e. The van der Waals surface area contributed by atoms with Crippen molar-refractivity contribution in [1.82, 2.24) is 10.2 Å². The molecule has 1 atom stereocenters. The Bertz CT molecular complexity index is 1450. The second-order valence-electron chi connectivity index (χ2n) is 9.86. The SMILES string of the molecule is Cc1ccc(CN(C(=O)CN(c2cc(Cl)c(Cl)cc2Cl)S(C)(=O)=O)[C@H](Cc2ccccc2)C(=O)NC(C)C)cc1. The van der Waals surface area contributed by atoms with Gasteiger partial charge in [0.1, 0.15) is 12.6 Å². The number of carbonyl (C=O) groups is 2. The Morgan fingerprint density at radius 2 is 1.48 bits per heavy atom. The van der Waals surface area contributed by atoms with Crippen molar-refractivity contribution in [1.29, 1.82) is 0 Å². The molecular formula is C29H32Cl3N3O4S. The number of sulfonamides is 1. The Kier molecular flexibility index (Phi) is 10.9. The fourth-order valence-corrected chi connectivity index (χ4v) is 5.67. The van der Waals surface area contributed by atoms with E-state index in [0.717, 1.165) is 27.3 Å². The van der Waals surface area contributed by atoms with Gasteiger partial charge < -0.3 is 10.2 Å². The molecule has 1 N–H and O–H groups in total. The highest BCUT2D eigenvalue weighted by Gasteiger charge is 2.34. The summed E-state index contributed by atoms with van der Waals surface area (Å²) in [5.74, 6) is -0.939. The average molecular weight is 625 g/mol. The molecule has 0 saturated carbocycles. The second-order valence-corrected chi connectivity index (χ2v) is 13.0. The Labute approximate surface area is 251 Å². The minimum Gasteiger partial charge on any atom is -0.352 e. The number of nitrogens with zero attached hydrogens (tertiary/aromatic N) is 2. The molecule has 3 rings (SSSR count). The van der Waals surface area contributed by atoms with Gasteiger partial charge in [-0.2, -0.15) is 0 Å². The molecule has 3 aromatic rings. The normalized spacial score (nSPS) is 12.2. The summed E-state index contributed by atoms with van der Waals surface area (Å²) in [6, 6.07) is 18.4. The third-order valence-corrected chi connectivity index (χ3v) is 8.26. The lowest BCUT2D eigenvalue weighted by atomic mass is 10.0. The van der Waals surface area contributed by atoms with E-state index in [9.17, 15) is 18.0 Å². The van der Waals surface area contributed by atoms with E-state index in [0.29, 0.717) is 0 Å². The van der Waals surface area contributed by atoms with Crippen molar-refractivity contribution in [3.63, 3.8) is 0 Å². The first kappa shape index (κ1) is 31.7. The number of aryl methyl sites for hydroxylation is 1. The van der Waals surface area contributed by atoms with Crippen molar-refractivity contribution in [2.45, 2.75) is 45.8 Å². The van der Waals surface area contributed by atoms with E-state index in [1.165, 1.54) is 17.0 Å². The second kappa shape index (κ2) is 13.7. The predicted octanol–water partition coefficient (Wildman–Crippen LogP) is 5.89. The van der Waals surface area contributed by atoms with Crippen molar-refractivity contribution in [3.8, 4) is 0 Å². The third-order valence-electron chi connectivity index (χ3n) is 6.11. The zero-order valence-corrected chi connectivity index (χ0v) is 25.8. The van der Waals surface area contributed by atoms with Crippen LogP contribution in [-0.2, 0) is 32.6 Å². The summed E-state index contributed by atoms with van der Waals surface area (Å²) < 4.78 is 26.7. The van der Waals surface area contributed by atoms with Gasteiger partial charge in [-0.3, -0.25) is 13.9 Å². The van der Waals surface area contributed by atoms with E-state index in [1.54, 1.807) is 0 Å². The molecule has 11 heteroatoms. The van der Waals surface area contributed by atoms with Gasteiger partial charge >= 0.3 is 0 Å². The highest BCUT2D eigenvalue weighted by Crippen LogP contribution is 2.35. The Balaban J connectivity index is 2.09. The first-order valence-corrected chi connectivity index (χ1v) is 15.6. The van der Waals surface area contributed by atoms with Crippen LogP contribution in [0.25, 0.3) is 0 Å². The summed E-state index contributed by atoms with van der Waals surface area (Å²) in [5, 5.41) is 3.15. The highest BCUT2D eigenvalue weighted by atomic mass is 35.5. The maximum atomic E-state index is 14.1. The van der Waals surface area contributed by atoms with Crippen LogP contribution >= 0.6 is 34.8 Å². The molecule has 7 nitrogen and oxygen atoms in total. The number of carbonyl (C=O) groups excluding carboxylic acids is 2. The molecule has 3 aromatic carbocycles. The molecule has 0 aromatic heterocycles. The molecule has 0 heterocycles. The van der Waals surface area contributed by atoms with E-state index in [2.05, 4.69) is 5.32 Å². The summed E-state index contributed by atoms with van der Waals surface area (Å²) in [7, 11) is -4.00. The molecule has 0 fully saturated rings. The molecule has 214 valence electrons. The van der Waals surface area contributed by atoms with Crippen LogP contribution in [0, 0.1) is 6.92 Å². The lowest BCUT2D eigenvalue weighted by Gasteiger charge is -2.34. The fourth-order valence-electron chi connectivity index (χ4n) is 4.12. The third kappa shape index (κ3) is 8.61. The first-order valence-electron chi connectivity index (χ1n) is 12.6. The molecular weight excluding hydrogens is 593 g/mol. The van der Waals surface area contributed by atoms with Crippen LogP contribution in [0.1, 0.15) is 30.5 Å². The number of halogens is 3. The number of amides is 2. The van der Waals surface area contributed by atoms with Crippen molar-refractivity contribution >= 4 is 62.3 Å². The number of nitrogens with one attached hydrogen (secondary N) is 1. The first-order chi connectivity index (χ1) is 18.8. The molecule has 0 radical (unpaired) electrons. The number of rotatable bonds is 11. The molecule has 0 saturated heterocycles. The Hall–Kier alpha value is -2.78. The van der Waals surface area contributed by atoms with Crippen LogP contribution in [0.15, 0.2) is 66.7 Å². The zero-order chi connectivity index (χ0) is 29.6.